The third-order valence-electron chi connectivity index (χ3n) is 3.18. The Balaban J connectivity index is 2.30. The molecular formula is C13H12N4O2. The van der Waals surface area contributed by atoms with Gasteiger partial charge in [0.25, 0.3) is 5.56 Å². The fourth-order valence-corrected chi connectivity index (χ4v) is 2.30. The number of anilines is 1. The van der Waals surface area contributed by atoms with E-state index < -0.39 is 0 Å². The quantitative estimate of drug-likeness (QED) is 0.809. The van der Waals surface area contributed by atoms with Crippen molar-refractivity contribution in [2.24, 2.45) is 0 Å². The first-order valence-electron chi connectivity index (χ1n) is 6.05. The number of H-pyrrole nitrogens is 1. The first kappa shape index (κ1) is 11.7. The molecule has 1 N–H and O–H groups in total. The van der Waals surface area contributed by atoms with E-state index in [1.165, 1.54) is 0 Å². The van der Waals surface area contributed by atoms with Crippen molar-refractivity contribution in [3.05, 3.63) is 34.2 Å². The van der Waals surface area contributed by atoms with Crippen molar-refractivity contribution < 1.29 is 4.74 Å². The van der Waals surface area contributed by atoms with E-state index in [-0.39, 0.29) is 11.1 Å². The van der Waals surface area contributed by atoms with E-state index in [4.69, 9.17) is 4.74 Å². The molecule has 6 heteroatoms. The number of rotatable bonds is 1. The largest absolute Gasteiger partial charge is 0.378 e. The second kappa shape index (κ2) is 4.71. The van der Waals surface area contributed by atoms with Crippen LogP contribution in [0.3, 0.4) is 0 Å². The van der Waals surface area contributed by atoms with Crippen molar-refractivity contribution in [3.8, 4) is 6.07 Å². The van der Waals surface area contributed by atoms with Crippen LogP contribution in [0.5, 0.6) is 0 Å². The monoisotopic (exact) mass is 256 g/mol. The number of nitriles is 1. The van der Waals surface area contributed by atoms with Crippen LogP contribution in [0.2, 0.25) is 0 Å². The van der Waals surface area contributed by atoms with Gasteiger partial charge in [-0.1, -0.05) is 0 Å². The highest BCUT2D eigenvalue weighted by Crippen LogP contribution is 2.25. The summed E-state index contributed by atoms with van der Waals surface area (Å²) in [6.45, 7) is 2.49. The zero-order chi connectivity index (χ0) is 13.2. The van der Waals surface area contributed by atoms with Gasteiger partial charge in [0, 0.05) is 19.3 Å². The zero-order valence-corrected chi connectivity index (χ0v) is 10.2. The molecule has 96 valence electrons. The van der Waals surface area contributed by atoms with Crippen LogP contribution in [0.4, 0.5) is 5.69 Å². The van der Waals surface area contributed by atoms with Crippen molar-refractivity contribution in [1.29, 1.82) is 5.26 Å². The van der Waals surface area contributed by atoms with Crippen LogP contribution in [0, 0.1) is 11.3 Å². The summed E-state index contributed by atoms with van der Waals surface area (Å²) in [4.78, 5) is 20.9. The Labute approximate surface area is 109 Å². The maximum Gasteiger partial charge on any atom is 0.268 e. The molecule has 2 aromatic heterocycles. The molecule has 2 aromatic rings. The Bertz CT molecular complexity index is 711. The minimum atomic E-state index is -0.371. The summed E-state index contributed by atoms with van der Waals surface area (Å²) >= 11 is 0. The molecule has 1 aliphatic heterocycles. The fraction of sp³-hybridized carbons (Fsp3) is 0.308. The van der Waals surface area contributed by atoms with Crippen molar-refractivity contribution in [3.63, 3.8) is 0 Å². The van der Waals surface area contributed by atoms with Gasteiger partial charge in [0.05, 0.1) is 24.4 Å². The number of aromatic amines is 1. The molecule has 0 amide bonds. The van der Waals surface area contributed by atoms with Gasteiger partial charge in [0.15, 0.2) is 0 Å². The smallest absolute Gasteiger partial charge is 0.268 e. The van der Waals surface area contributed by atoms with Crippen LogP contribution in [0.1, 0.15) is 5.56 Å². The molecule has 6 nitrogen and oxygen atoms in total. The highest BCUT2D eigenvalue weighted by molar-refractivity contribution is 5.90. The van der Waals surface area contributed by atoms with Gasteiger partial charge in [-0.05, 0) is 12.1 Å². The van der Waals surface area contributed by atoms with Crippen molar-refractivity contribution in [1.82, 2.24) is 9.97 Å². The topological polar surface area (TPSA) is 82.0 Å². The number of nitrogens with zero attached hydrogens (tertiary/aromatic N) is 3. The van der Waals surface area contributed by atoms with E-state index in [0.717, 1.165) is 0 Å². The standard InChI is InChI=1S/C13H12N4O2/c14-8-9-12(17-4-6-19-7-5-17)11-10(16-13(9)18)2-1-3-15-11/h1-3H,4-7H2,(H,16,18). The van der Waals surface area contributed by atoms with Gasteiger partial charge in [-0.3, -0.25) is 9.78 Å². The maximum absolute atomic E-state index is 12.0. The second-order valence-electron chi connectivity index (χ2n) is 4.29. The van der Waals surface area contributed by atoms with Crippen molar-refractivity contribution in [2.75, 3.05) is 31.2 Å². The molecule has 19 heavy (non-hydrogen) atoms. The van der Waals surface area contributed by atoms with Gasteiger partial charge >= 0.3 is 0 Å². The zero-order valence-electron chi connectivity index (χ0n) is 10.2. The van der Waals surface area contributed by atoms with E-state index in [0.29, 0.717) is 43.0 Å². The lowest BCUT2D eigenvalue weighted by Crippen LogP contribution is -2.38. The molecule has 1 aliphatic rings. The van der Waals surface area contributed by atoms with Gasteiger partial charge in [0.1, 0.15) is 17.1 Å². The van der Waals surface area contributed by atoms with E-state index in [1.54, 1.807) is 18.3 Å². The number of pyridine rings is 2. The average Bonchev–Trinajstić information content (AvgIpc) is 2.46. The molecule has 1 fully saturated rings. The lowest BCUT2D eigenvalue weighted by molar-refractivity contribution is 0.123. The fourth-order valence-electron chi connectivity index (χ4n) is 2.30. The minimum Gasteiger partial charge on any atom is -0.378 e. The molecule has 3 heterocycles. The number of nitrogens with one attached hydrogen (secondary N) is 1. The van der Waals surface area contributed by atoms with Gasteiger partial charge in [-0.15, -0.1) is 0 Å². The number of morpholine rings is 1. The van der Waals surface area contributed by atoms with Crippen molar-refractivity contribution in [2.45, 2.75) is 0 Å². The van der Waals surface area contributed by atoms with Crippen molar-refractivity contribution >= 4 is 16.7 Å². The normalized spacial score (nSPS) is 15.4. The van der Waals surface area contributed by atoms with Crippen LogP contribution in [-0.4, -0.2) is 36.3 Å². The Hall–Kier alpha value is -2.39. The number of ether oxygens (including phenoxy) is 1. The first-order valence-corrected chi connectivity index (χ1v) is 6.05. The predicted molar refractivity (Wildman–Crippen MR) is 70.1 cm³/mol. The summed E-state index contributed by atoms with van der Waals surface area (Å²) in [6.07, 6.45) is 1.66. The van der Waals surface area contributed by atoms with E-state index >= 15 is 0 Å². The Morgan fingerprint density at radius 3 is 2.95 bits per heavy atom. The summed E-state index contributed by atoms with van der Waals surface area (Å²) in [5.41, 5.74) is 1.66. The van der Waals surface area contributed by atoms with Gasteiger partial charge in [-0.2, -0.15) is 5.26 Å². The number of hydrogen-bond acceptors (Lipinski definition) is 5. The van der Waals surface area contributed by atoms with Gasteiger partial charge in [0.2, 0.25) is 0 Å². The molecule has 0 aliphatic carbocycles. The molecule has 0 bridgehead atoms. The highest BCUT2D eigenvalue weighted by atomic mass is 16.5. The molecular weight excluding hydrogens is 244 g/mol. The van der Waals surface area contributed by atoms with Crippen LogP contribution < -0.4 is 10.5 Å². The highest BCUT2D eigenvalue weighted by Gasteiger charge is 2.21. The molecule has 0 spiro atoms. The van der Waals surface area contributed by atoms with E-state index in [9.17, 15) is 10.1 Å². The molecule has 0 aromatic carbocycles. The van der Waals surface area contributed by atoms with Crippen LogP contribution in [0.15, 0.2) is 23.1 Å². The Morgan fingerprint density at radius 2 is 2.21 bits per heavy atom. The van der Waals surface area contributed by atoms with E-state index in [2.05, 4.69) is 9.97 Å². The molecule has 3 rings (SSSR count). The summed E-state index contributed by atoms with van der Waals surface area (Å²) < 4.78 is 5.31. The number of hydrogen-bond donors (Lipinski definition) is 1. The summed E-state index contributed by atoms with van der Waals surface area (Å²) in [5, 5.41) is 9.23. The third kappa shape index (κ3) is 1.94. The molecule has 0 unspecified atom stereocenters. The van der Waals surface area contributed by atoms with E-state index in [1.807, 2.05) is 11.0 Å². The molecule has 0 saturated carbocycles. The SMILES string of the molecule is N#Cc1c(N2CCOCC2)c2ncccc2[nH]c1=O. The minimum absolute atomic E-state index is 0.119. The van der Waals surface area contributed by atoms with Gasteiger partial charge in [-0.25, -0.2) is 0 Å². The number of fused-ring (bicyclic) bond motifs is 1. The van der Waals surface area contributed by atoms with Crippen LogP contribution >= 0.6 is 0 Å². The Morgan fingerprint density at radius 1 is 1.42 bits per heavy atom. The maximum atomic E-state index is 12.0. The molecule has 0 radical (unpaired) electrons. The lowest BCUT2D eigenvalue weighted by atomic mass is 10.1. The summed E-state index contributed by atoms with van der Waals surface area (Å²) in [6, 6.07) is 5.53. The summed E-state index contributed by atoms with van der Waals surface area (Å²) in [7, 11) is 0. The first-order chi connectivity index (χ1) is 9.31. The second-order valence-corrected chi connectivity index (χ2v) is 4.29. The summed E-state index contributed by atoms with van der Waals surface area (Å²) in [5.74, 6) is 0. The third-order valence-corrected chi connectivity index (χ3v) is 3.18. The van der Waals surface area contributed by atoms with Crippen LogP contribution in [0.25, 0.3) is 11.0 Å². The van der Waals surface area contributed by atoms with Crippen LogP contribution in [-0.2, 0) is 4.74 Å². The molecule has 1 saturated heterocycles. The average molecular weight is 256 g/mol. The van der Waals surface area contributed by atoms with Gasteiger partial charge < -0.3 is 14.6 Å². The number of aromatic nitrogens is 2. The lowest BCUT2D eigenvalue weighted by Gasteiger charge is -2.29. The Kier molecular flexibility index (Phi) is 2.89. The predicted octanol–water partition coefficient (Wildman–Crippen LogP) is 0.631. The molecule has 0 atom stereocenters.